The second kappa shape index (κ2) is 6.66. The minimum absolute atomic E-state index is 0.345. The molecule has 92 valence electrons. The Morgan fingerprint density at radius 2 is 2.00 bits per heavy atom. The second-order valence-electron chi connectivity index (χ2n) is 3.33. The first-order chi connectivity index (χ1) is 8.04. The molecule has 0 saturated heterocycles. The van der Waals surface area contributed by atoms with Crippen molar-refractivity contribution in [3.8, 4) is 0 Å². The molecular weight excluding hydrogens is 306 g/mol. The predicted octanol–water partition coefficient (Wildman–Crippen LogP) is 2.00. The van der Waals surface area contributed by atoms with Crippen molar-refractivity contribution in [1.29, 1.82) is 0 Å². The lowest BCUT2D eigenvalue weighted by Crippen LogP contribution is -2.42. The highest BCUT2D eigenvalue weighted by Gasteiger charge is 2.19. The number of halogens is 1. The Hall–Kier alpha value is -1.01. The van der Waals surface area contributed by atoms with Gasteiger partial charge in [-0.25, -0.2) is 4.79 Å². The fraction of sp³-hybridized carbons (Fsp3) is 0.273. The molecule has 6 heteroatoms. The molecule has 1 unspecified atom stereocenters. The Morgan fingerprint density at radius 3 is 2.47 bits per heavy atom. The maximum Gasteiger partial charge on any atom is 0.327 e. The van der Waals surface area contributed by atoms with Gasteiger partial charge in [0.2, 0.25) is 0 Å². The van der Waals surface area contributed by atoms with Crippen molar-refractivity contribution in [3.63, 3.8) is 0 Å². The minimum Gasteiger partial charge on any atom is -0.480 e. The molecule has 2 N–H and O–H groups in total. The molecule has 4 nitrogen and oxygen atoms in total. The van der Waals surface area contributed by atoms with E-state index < -0.39 is 12.0 Å². The largest absolute Gasteiger partial charge is 0.480 e. The van der Waals surface area contributed by atoms with Gasteiger partial charge in [0.15, 0.2) is 0 Å². The number of hydrogen-bond donors (Lipinski definition) is 2. The third-order valence-corrected chi connectivity index (χ3v) is 3.24. The van der Waals surface area contributed by atoms with E-state index in [0.717, 1.165) is 4.47 Å². The van der Waals surface area contributed by atoms with Crippen LogP contribution in [0.5, 0.6) is 0 Å². The van der Waals surface area contributed by atoms with Crippen LogP contribution >= 0.6 is 27.7 Å². The van der Waals surface area contributed by atoms with E-state index in [9.17, 15) is 9.59 Å². The van der Waals surface area contributed by atoms with E-state index in [1.54, 1.807) is 30.5 Å². The molecule has 1 rings (SSSR count). The lowest BCUT2D eigenvalue weighted by molar-refractivity contribution is -0.138. The smallest absolute Gasteiger partial charge is 0.327 e. The zero-order valence-corrected chi connectivity index (χ0v) is 11.5. The van der Waals surface area contributed by atoms with Crippen molar-refractivity contribution in [2.24, 2.45) is 0 Å². The van der Waals surface area contributed by atoms with Crippen LogP contribution in [0.3, 0.4) is 0 Å². The maximum absolute atomic E-state index is 11.7. The summed E-state index contributed by atoms with van der Waals surface area (Å²) in [5.41, 5.74) is 0.445. The molecule has 0 aliphatic heterocycles. The fourth-order valence-corrected chi connectivity index (χ4v) is 2.01. The van der Waals surface area contributed by atoms with Gasteiger partial charge in [-0.2, -0.15) is 11.8 Å². The van der Waals surface area contributed by atoms with Crippen LogP contribution in [0.1, 0.15) is 10.4 Å². The third-order valence-electron chi connectivity index (χ3n) is 2.04. The Bertz CT molecular complexity index is 408. The lowest BCUT2D eigenvalue weighted by Gasteiger charge is -2.13. The van der Waals surface area contributed by atoms with Gasteiger partial charge in [0.25, 0.3) is 5.91 Å². The summed E-state index contributed by atoms with van der Waals surface area (Å²) in [6.07, 6.45) is 1.79. The van der Waals surface area contributed by atoms with Gasteiger partial charge in [-0.1, -0.05) is 15.9 Å². The molecule has 0 fully saturated rings. The molecule has 1 atom stereocenters. The van der Waals surface area contributed by atoms with Crippen LogP contribution in [-0.4, -0.2) is 35.0 Å². The normalized spacial score (nSPS) is 11.9. The van der Waals surface area contributed by atoms with Crippen molar-refractivity contribution in [2.45, 2.75) is 6.04 Å². The Kier molecular flexibility index (Phi) is 5.50. The SMILES string of the molecule is CSCC(NC(=O)c1ccc(Br)cc1)C(=O)O. The molecule has 17 heavy (non-hydrogen) atoms. The second-order valence-corrected chi connectivity index (χ2v) is 5.15. The summed E-state index contributed by atoms with van der Waals surface area (Å²) in [5.74, 6) is -1.05. The van der Waals surface area contributed by atoms with Gasteiger partial charge in [0, 0.05) is 15.8 Å². The molecule has 0 radical (unpaired) electrons. The molecule has 0 aromatic heterocycles. The molecule has 1 amide bonds. The molecule has 0 aliphatic carbocycles. The lowest BCUT2D eigenvalue weighted by atomic mass is 10.2. The maximum atomic E-state index is 11.7. The van der Waals surface area contributed by atoms with E-state index in [1.165, 1.54) is 11.8 Å². The first-order valence-corrected chi connectivity index (χ1v) is 7.01. The predicted molar refractivity (Wildman–Crippen MR) is 71.4 cm³/mol. The number of carbonyl (C=O) groups excluding carboxylic acids is 1. The Morgan fingerprint density at radius 1 is 1.41 bits per heavy atom. The van der Waals surface area contributed by atoms with Crippen molar-refractivity contribution >= 4 is 39.6 Å². The molecule has 0 aliphatic rings. The van der Waals surface area contributed by atoms with Crippen molar-refractivity contribution in [1.82, 2.24) is 5.32 Å². The number of rotatable bonds is 5. The number of carboxylic acids is 1. The highest BCUT2D eigenvalue weighted by atomic mass is 79.9. The summed E-state index contributed by atoms with van der Waals surface area (Å²) in [6, 6.07) is 5.88. The van der Waals surface area contributed by atoms with E-state index in [2.05, 4.69) is 21.2 Å². The van der Waals surface area contributed by atoms with Gasteiger partial charge in [-0.3, -0.25) is 4.79 Å². The monoisotopic (exact) mass is 317 g/mol. The van der Waals surface area contributed by atoms with Crippen molar-refractivity contribution in [3.05, 3.63) is 34.3 Å². The van der Waals surface area contributed by atoms with E-state index in [4.69, 9.17) is 5.11 Å². The third kappa shape index (κ3) is 4.40. The first-order valence-electron chi connectivity index (χ1n) is 4.82. The first kappa shape index (κ1) is 14.1. The van der Waals surface area contributed by atoms with Gasteiger partial charge in [0.1, 0.15) is 6.04 Å². The van der Waals surface area contributed by atoms with Gasteiger partial charge >= 0.3 is 5.97 Å². The summed E-state index contributed by atoms with van der Waals surface area (Å²) < 4.78 is 0.868. The Balaban J connectivity index is 2.70. The number of carboxylic acid groups (broad SMARTS) is 1. The van der Waals surface area contributed by atoms with Gasteiger partial charge < -0.3 is 10.4 Å². The number of hydrogen-bond acceptors (Lipinski definition) is 3. The molecule has 0 spiro atoms. The molecule has 1 aromatic carbocycles. The Labute approximate surface area is 112 Å². The average molecular weight is 318 g/mol. The summed E-state index contributed by atoms with van der Waals surface area (Å²) >= 11 is 4.64. The fourth-order valence-electron chi connectivity index (χ4n) is 1.18. The summed E-state index contributed by atoms with van der Waals surface area (Å²) in [7, 11) is 0. The highest BCUT2D eigenvalue weighted by Crippen LogP contribution is 2.10. The zero-order chi connectivity index (χ0) is 12.8. The van der Waals surface area contributed by atoms with E-state index in [0.29, 0.717) is 11.3 Å². The highest BCUT2D eigenvalue weighted by molar-refractivity contribution is 9.10. The topological polar surface area (TPSA) is 66.4 Å². The van der Waals surface area contributed by atoms with Gasteiger partial charge in [-0.05, 0) is 30.5 Å². The molecule has 0 saturated carbocycles. The quantitative estimate of drug-likeness (QED) is 0.871. The number of amides is 1. The van der Waals surface area contributed by atoms with E-state index in [-0.39, 0.29) is 5.91 Å². The van der Waals surface area contributed by atoms with Crippen LogP contribution < -0.4 is 5.32 Å². The molecular formula is C11H12BrNO3S. The number of carbonyl (C=O) groups is 2. The van der Waals surface area contributed by atoms with E-state index in [1.807, 2.05) is 0 Å². The zero-order valence-electron chi connectivity index (χ0n) is 9.14. The van der Waals surface area contributed by atoms with Crippen LogP contribution in [0.4, 0.5) is 0 Å². The summed E-state index contributed by atoms with van der Waals surface area (Å²) in [5, 5.41) is 11.4. The number of aliphatic carboxylic acids is 1. The average Bonchev–Trinajstić information content (AvgIpc) is 2.29. The molecule has 1 aromatic rings. The van der Waals surface area contributed by atoms with Crippen molar-refractivity contribution in [2.75, 3.05) is 12.0 Å². The number of benzene rings is 1. The standard InChI is InChI=1S/C11H12BrNO3S/c1-17-6-9(11(15)16)13-10(14)7-2-4-8(12)5-3-7/h2-5,9H,6H2,1H3,(H,13,14)(H,15,16). The summed E-state index contributed by atoms with van der Waals surface area (Å²) in [6.45, 7) is 0. The van der Waals surface area contributed by atoms with Crippen LogP contribution in [0.25, 0.3) is 0 Å². The van der Waals surface area contributed by atoms with Crippen LogP contribution in [0, 0.1) is 0 Å². The van der Waals surface area contributed by atoms with E-state index >= 15 is 0 Å². The van der Waals surface area contributed by atoms with Gasteiger partial charge in [0.05, 0.1) is 0 Å². The number of nitrogens with one attached hydrogen (secondary N) is 1. The summed E-state index contributed by atoms with van der Waals surface area (Å²) in [4.78, 5) is 22.6. The van der Waals surface area contributed by atoms with Crippen LogP contribution in [0.15, 0.2) is 28.7 Å². The minimum atomic E-state index is -1.02. The molecule has 0 bridgehead atoms. The van der Waals surface area contributed by atoms with Crippen LogP contribution in [-0.2, 0) is 4.79 Å². The molecule has 0 heterocycles. The van der Waals surface area contributed by atoms with Crippen molar-refractivity contribution < 1.29 is 14.7 Å². The van der Waals surface area contributed by atoms with Gasteiger partial charge in [-0.15, -0.1) is 0 Å². The number of thioether (sulfide) groups is 1. The van der Waals surface area contributed by atoms with Crippen LogP contribution in [0.2, 0.25) is 0 Å².